The van der Waals surface area contributed by atoms with Gasteiger partial charge in [0.15, 0.2) is 11.5 Å². The number of halogens is 3. The number of nitrogens with zero attached hydrogens (tertiary/aromatic N) is 3. The van der Waals surface area contributed by atoms with Gasteiger partial charge >= 0.3 is 6.18 Å². The molecule has 0 spiro atoms. The molecule has 9 nitrogen and oxygen atoms in total. The fourth-order valence-electron chi connectivity index (χ4n) is 5.12. The number of methoxy groups -OCH3 is 1. The highest BCUT2D eigenvalue weighted by Gasteiger charge is 2.31. The van der Waals surface area contributed by atoms with Crippen molar-refractivity contribution in [1.82, 2.24) is 14.9 Å². The van der Waals surface area contributed by atoms with Crippen LogP contribution in [-0.4, -0.2) is 52.2 Å². The first-order valence-electron chi connectivity index (χ1n) is 14.3. The summed E-state index contributed by atoms with van der Waals surface area (Å²) in [7, 11) is 1.54. The Hall–Kier alpha value is -4.84. The average molecular weight is 623 g/mol. The lowest BCUT2D eigenvalue weighted by Crippen LogP contribution is -2.41. The zero-order valence-electron chi connectivity index (χ0n) is 25.0. The van der Waals surface area contributed by atoms with Gasteiger partial charge in [-0.1, -0.05) is 12.6 Å². The summed E-state index contributed by atoms with van der Waals surface area (Å²) in [6.45, 7) is 7.83. The first kappa shape index (κ1) is 31.6. The lowest BCUT2D eigenvalue weighted by atomic mass is 9.96. The molecule has 4 aromatic rings. The quantitative estimate of drug-likeness (QED) is 0.193. The maximum Gasteiger partial charge on any atom is 0.416 e. The van der Waals surface area contributed by atoms with E-state index >= 15 is 0 Å². The van der Waals surface area contributed by atoms with E-state index in [0.29, 0.717) is 65.4 Å². The highest BCUT2D eigenvalue weighted by molar-refractivity contribution is 5.93. The number of hydrogen-bond acceptors (Lipinski definition) is 8. The van der Waals surface area contributed by atoms with E-state index in [4.69, 9.17) is 14.2 Å². The van der Waals surface area contributed by atoms with Crippen LogP contribution in [-0.2, 0) is 16.6 Å². The van der Waals surface area contributed by atoms with Crippen LogP contribution in [0.1, 0.15) is 37.8 Å². The summed E-state index contributed by atoms with van der Waals surface area (Å²) in [6.07, 6.45) is -0.669. The Labute approximate surface area is 258 Å². The molecule has 2 N–H and O–H groups in total. The molecular weight excluding hydrogens is 589 g/mol. The van der Waals surface area contributed by atoms with Crippen molar-refractivity contribution in [3.05, 3.63) is 84.7 Å². The molecule has 0 saturated carbocycles. The number of rotatable bonds is 9. The third-order valence-electron chi connectivity index (χ3n) is 7.44. The topological polar surface area (TPSA) is 106 Å². The van der Waals surface area contributed by atoms with Crippen LogP contribution in [0.4, 0.5) is 24.7 Å². The number of carbonyl (C=O) groups is 1. The number of amides is 1. The number of fused-ring (bicyclic) bond motifs is 1. The molecule has 236 valence electrons. The normalized spacial score (nSPS) is 14.2. The largest absolute Gasteiger partial charge is 0.493 e. The van der Waals surface area contributed by atoms with Crippen molar-refractivity contribution in [2.75, 3.05) is 25.5 Å². The molecule has 0 radical (unpaired) electrons. The fraction of sp³-hybridized carbons (Fsp3) is 0.303. The van der Waals surface area contributed by atoms with E-state index in [-0.39, 0.29) is 23.5 Å². The summed E-state index contributed by atoms with van der Waals surface area (Å²) in [5.41, 5.74) is -0.694. The second-order valence-electron chi connectivity index (χ2n) is 11.1. The van der Waals surface area contributed by atoms with Gasteiger partial charge in [0.2, 0.25) is 5.91 Å². The lowest BCUT2D eigenvalue weighted by Gasteiger charge is -2.31. The lowest BCUT2D eigenvalue weighted by molar-refractivity contribution is -0.137. The van der Waals surface area contributed by atoms with Crippen molar-refractivity contribution in [2.45, 2.75) is 44.6 Å². The zero-order valence-corrected chi connectivity index (χ0v) is 25.0. The number of piperidine rings is 1. The predicted molar refractivity (Wildman–Crippen MR) is 163 cm³/mol. The maximum absolute atomic E-state index is 13.2. The van der Waals surface area contributed by atoms with Gasteiger partial charge in [-0.05, 0) is 62.4 Å². The van der Waals surface area contributed by atoms with Crippen LogP contribution in [0.3, 0.4) is 0 Å². The van der Waals surface area contributed by atoms with Crippen LogP contribution in [0, 0.1) is 0 Å². The van der Waals surface area contributed by atoms with Gasteiger partial charge in [0, 0.05) is 48.6 Å². The molecule has 0 unspecified atom stereocenters. The Morgan fingerprint density at radius 2 is 1.78 bits per heavy atom. The zero-order chi connectivity index (χ0) is 32.4. The van der Waals surface area contributed by atoms with Crippen LogP contribution < -0.4 is 19.5 Å². The number of ether oxygens (including phenoxy) is 3. The molecule has 45 heavy (non-hydrogen) atoms. The van der Waals surface area contributed by atoms with E-state index in [1.165, 1.54) is 24.5 Å². The first-order valence-corrected chi connectivity index (χ1v) is 14.3. The third kappa shape index (κ3) is 7.28. The molecule has 1 aromatic heterocycles. The number of aromatic nitrogens is 2. The highest BCUT2D eigenvalue weighted by atomic mass is 19.4. The Morgan fingerprint density at radius 1 is 1.04 bits per heavy atom. The van der Waals surface area contributed by atoms with Gasteiger partial charge in [-0.2, -0.15) is 13.2 Å². The van der Waals surface area contributed by atoms with Crippen LogP contribution in [0.25, 0.3) is 10.9 Å². The number of alkyl halides is 3. The molecule has 0 bridgehead atoms. The minimum Gasteiger partial charge on any atom is -0.493 e. The van der Waals surface area contributed by atoms with Gasteiger partial charge < -0.3 is 29.5 Å². The van der Waals surface area contributed by atoms with E-state index in [2.05, 4.69) is 21.9 Å². The predicted octanol–water partition coefficient (Wildman–Crippen LogP) is 6.98. The molecule has 12 heteroatoms. The smallest absolute Gasteiger partial charge is 0.416 e. The summed E-state index contributed by atoms with van der Waals surface area (Å²) < 4.78 is 57.3. The summed E-state index contributed by atoms with van der Waals surface area (Å²) in [6, 6.07) is 12.9. The number of aliphatic hydroxyl groups is 1. The number of benzene rings is 3. The van der Waals surface area contributed by atoms with Gasteiger partial charge in [-0.15, -0.1) is 0 Å². The Balaban J connectivity index is 1.43. The molecular formula is C33H33F3N4O5. The van der Waals surface area contributed by atoms with Crippen molar-refractivity contribution in [3.8, 4) is 23.0 Å². The molecule has 5 rings (SSSR count). The maximum atomic E-state index is 13.2. The van der Waals surface area contributed by atoms with E-state index in [1.54, 1.807) is 56.2 Å². The summed E-state index contributed by atoms with van der Waals surface area (Å²) in [4.78, 5) is 22.5. The minimum absolute atomic E-state index is 0.00785. The van der Waals surface area contributed by atoms with Crippen LogP contribution in [0.2, 0.25) is 0 Å². The molecule has 3 aromatic carbocycles. The molecule has 1 fully saturated rings. The Bertz CT molecular complexity index is 1710. The summed E-state index contributed by atoms with van der Waals surface area (Å²) >= 11 is 0. The fourth-order valence-corrected chi connectivity index (χ4v) is 5.12. The number of hydrogen-bond donors (Lipinski definition) is 2. The molecule has 0 atom stereocenters. The standard InChI is InChI=1S/C33H33F3N4O5/c1-5-30(41)40-13-11-21(12-14-40)45-29-17-24-27(18-28(29)43-4)37-19-38-31(24)39-26-10-9-23(16-25(26)32(2,3)42)44-22-8-6-7-20(15-22)33(34,35)36/h5-10,15-19,21,42H,1,11-14H2,2-4H3,(H,37,38,39). The van der Waals surface area contributed by atoms with Crippen molar-refractivity contribution in [1.29, 1.82) is 0 Å². The van der Waals surface area contributed by atoms with E-state index in [1.807, 2.05) is 0 Å². The molecule has 0 aliphatic carbocycles. The Morgan fingerprint density at radius 3 is 2.44 bits per heavy atom. The third-order valence-corrected chi connectivity index (χ3v) is 7.44. The van der Waals surface area contributed by atoms with Crippen molar-refractivity contribution in [3.63, 3.8) is 0 Å². The van der Waals surface area contributed by atoms with Crippen LogP contribution in [0.5, 0.6) is 23.0 Å². The molecule has 1 aliphatic rings. The second kappa shape index (κ2) is 12.6. The van der Waals surface area contributed by atoms with Crippen LogP contribution in [0.15, 0.2) is 73.6 Å². The van der Waals surface area contributed by atoms with Crippen molar-refractivity contribution in [2.24, 2.45) is 0 Å². The van der Waals surface area contributed by atoms with Crippen LogP contribution >= 0.6 is 0 Å². The minimum atomic E-state index is -4.51. The number of anilines is 2. The summed E-state index contributed by atoms with van der Waals surface area (Å²) in [5, 5.41) is 14.9. The Kier molecular flexibility index (Phi) is 8.87. The molecule has 1 aliphatic heterocycles. The number of likely N-dealkylation sites (tertiary alicyclic amines) is 1. The number of carbonyl (C=O) groups excluding carboxylic acids is 1. The molecule has 1 saturated heterocycles. The van der Waals surface area contributed by atoms with E-state index in [9.17, 15) is 23.1 Å². The first-order chi connectivity index (χ1) is 21.4. The second-order valence-corrected chi connectivity index (χ2v) is 11.1. The van der Waals surface area contributed by atoms with Crippen molar-refractivity contribution >= 4 is 28.3 Å². The SMILES string of the molecule is C=CC(=O)N1CCC(Oc2cc3c(Nc4ccc(Oc5cccc(C(F)(F)F)c5)cc4C(C)(C)O)ncnc3cc2OC)CC1. The van der Waals surface area contributed by atoms with E-state index in [0.717, 1.165) is 12.1 Å². The summed E-state index contributed by atoms with van der Waals surface area (Å²) in [5.74, 6) is 1.55. The van der Waals surface area contributed by atoms with E-state index < -0.39 is 17.3 Å². The molecule has 2 heterocycles. The van der Waals surface area contributed by atoms with Gasteiger partial charge in [0.25, 0.3) is 0 Å². The van der Waals surface area contributed by atoms with Gasteiger partial charge in [0.05, 0.1) is 23.8 Å². The van der Waals surface area contributed by atoms with Crippen molar-refractivity contribution < 1.29 is 37.3 Å². The van der Waals surface area contributed by atoms with Gasteiger partial charge in [-0.3, -0.25) is 4.79 Å². The average Bonchev–Trinajstić information content (AvgIpc) is 3.01. The molecule has 1 amide bonds. The monoisotopic (exact) mass is 622 g/mol. The highest BCUT2D eigenvalue weighted by Crippen LogP contribution is 2.39. The van der Waals surface area contributed by atoms with Gasteiger partial charge in [0.1, 0.15) is 29.7 Å². The number of nitrogens with one attached hydrogen (secondary N) is 1. The van der Waals surface area contributed by atoms with Gasteiger partial charge in [-0.25, -0.2) is 9.97 Å².